The highest BCUT2D eigenvalue weighted by molar-refractivity contribution is 7.16. The number of pyridine rings is 1. The van der Waals surface area contributed by atoms with E-state index in [0.717, 1.165) is 21.6 Å². The minimum absolute atomic E-state index is 0.610. The molecule has 6 heteroatoms. The maximum Gasteiger partial charge on any atom is 0.218 e. The molecular weight excluding hydrogens is 260 g/mol. The number of thiophene rings is 1. The maximum absolute atomic E-state index is 5.22. The molecule has 0 aromatic carbocycles. The molecule has 0 saturated carbocycles. The summed E-state index contributed by atoms with van der Waals surface area (Å²) in [4.78, 5) is 13.6. The first kappa shape index (κ1) is 11.9. The molecule has 3 aromatic heterocycles. The van der Waals surface area contributed by atoms with Crippen LogP contribution in [0.4, 0.5) is 5.82 Å². The van der Waals surface area contributed by atoms with Gasteiger partial charge >= 0.3 is 0 Å². The fourth-order valence-electron chi connectivity index (χ4n) is 1.85. The van der Waals surface area contributed by atoms with Gasteiger partial charge in [-0.2, -0.15) is 0 Å². The van der Waals surface area contributed by atoms with Crippen molar-refractivity contribution in [2.75, 3.05) is 12.4 Å². The number of nitrogens with one attached hydrogen (secondary N) is 1. The number of nitrogens with zero attached hydrogens (tertiary/aromatic N) is 3. The van der Waals surface area contributed by atoms with Crippen molar-refractivity contribution < 1.29 is 4.74 Å². The van der Waals surface area contributed by atoms with Gasteiger partial charge in [0.15, 0.2) is 0 Å². The molecule has 0 spiro atoms. The molecule has 0 atom stereocenters. The molecule has 3 heterocycles. The van der Waals surface area contributed by atoms with Crippen molar-refractivity contribution in [1.29, 1.82) is 0 Å². The summed E-state index contributed by atoms with van der Waals surface area (Å²) in [7, 11) is 1.62. The van der Waals surface area contributed by atoms with Crippen LogP contribution in [0.1, 0.15) is 5.56 Å². The van der Waals surface area contributed by atoms with Crippen LogP contribution in [0.3, 0.4) is 0 Å². The van der Waals surface area contributed by atoms with Crippen LogP contribution in [0, 0.1) is 0 Å². The molecule has 0 fully saturated rings. The van der Waals surface area contributed by atoms with Crippen LogP contribution in [0.15, 0.2) is 36.1 Å². The normalized spacial score (nSPS) is 10.6. The molecule has 0 bridgehead atoms. The van der Waals surface area contributed by atoms with E-state index < -0.39 is 0 Å². The largest absolute Gasteiger partial charge is 0.481 e. The summed E-state index contributed by atoms with van der Waals surface area (Å²) in [5.74, 6) is 1.46. The molecule has 5 nitrogen and oxygen atoms in total. The highest BCUT2D eigenvalue weighted by atomic mass is 32.1. The van der Waals surface area contributed by atoms with Crippen LogP contribution >= 0.6 is 11.3 Å². The third-order valence-corrected chi connectivity index (χ3v) is 3.57. The first-order valence-electron chi connectivity index (χ1n) is 5.78. The number of hydrogen-bond donors (Lipinski definition) is 1. The lowest BCUT2D eigenvalue weighted by Crippen LogP contribution is -2.04. The van der Waals surface area contributed by atoms with E-state index in [9.17, 15) is 0 Å². The number of fused-ring (bicyclic) bond motifs is 1. The predicted molar refractivity (Wildman–Crippen MR) is 75.5 cm³/mol. The lowest BCUT2D eigenvalue weighted by Gasteiger charge is -2.09. The molecule has 3 aromatic rings. The second-order valence-corrected chi connectivity index (χ2v) is 4.78. The number of methoxy groups -OCH3 is 1. The second kappa shape index (κ2) is 5.19. The fourth-order valence-corrected chi connectivity index (χ4v) is 2.59. The first-order chi connectivity index (χ1) is 9.38. The number of aromatic nitrogens is 3. The molecule has 1 N–H and O–H groups in total. The first-order valence-corrected chi connectivity index (χ1v) is 6.66. The van der Waals surface area contributed by atoms with Crippen LogP contribution in [-0.2, 0) is 6.54 Å². The summed E-state index contributed by atoms with van der Waals surface area (Å²) < 4.78 is 5.22. The van der Waals surface area contributed by atoms with Crippen LogP contribution in [0.25, 0.3) is 10.2 Å². The van der Waals surface area contributed by atoms with Gasteiger partial charge in [-0.15, -0.1) is 11.3 Å². The summed E-state index contributed by atoms with van der Waals surface area (Å²) in [5, 5.41) is 6.35. The zero-order chi connectivity index (χ0) is 13.1. The number of anilines is 1. The summed E-state index contributed by atoms with van der Waals surface area (Å²) in [6.07, 6.45) is 3.28. The van der Waals surface area contributed by atoms with E-state index >= 15 is 0 Å². The van der Waals surface area contributed by atoms with E-state index in [0.29, 0.717) is 12.4 Å². The number of rotatable bonds is 4. The third-order valence-electron chi connectivity index (χ3n) is 2.75. The maximum atomic E-state index is 5.22. The third kappa shape index (κ3) is 2.34. The van der Waals surface area contributed by atoms with Gasteiger partial charge < -0.3 is 10.1 Å². The summed E-state index contributed by atoms with van der Waals surface area (Å²) >= 11 is 1.60. The Balaban J connectivity index is 1.84. The molecule has 0 unspecified atom stereocenters. The fraction of sp³-hybridized carbons (Fsp3) is 0.154. The Morgan fingerprint density at radius 3 is 3.11 bits per heavy atom. The highest BCUT2D eigenvalue weighted by Crippen LogP contribution is 2.24. The van der Waals surface area contributed by atoms with E-state index in [2.05, 4.69) is 20.3 Å². The van der Waals surface area contributed by atoms with Crippen molar-refractivity contribution in [3.8, 4) is 5.88 Å². The minimum Gasteiger partial charge on any atom is -0.481 e. The van der Waals surface area contributed by atoms with Crippen LogP contribution in [0.5, 0.6) is 5.88 Å². The van der Waals surface area contributed by atoms with Gasteiger partial charge in [-0.1, -0.05) is 6.07 Å². The average Bonchev–Trinajstić information content (AvgIpc) is 2.94. The molecule has 0 radical (unpaired) electrons. The second-order valence-electron chi connectivity index (χ2n) is 3.89. The van der Waals surface area contributed by atoms with Gasteiger partial charge in [-0.05, 0) is 17.5 Å². The van der Waals surface area contributed by atoms with Gasteiger partial charge in [-0.25, -0.2) is 15.0 Å². The minimum atomic E-state index is 0.610. The zero-order valence-electron chi connectivity index (χ0n) is 10.3. The van der Waals surface area contributed by atoms with Gasteiger partial charge in [0.05, 0.1) is 12.5 Å². The van der Waals surface area contributed by atoms with Crippen molar-refractivity contribution in [3.05, 3.63) is 41.7 Å². The Hall–Kier alpha value is -2.21. The summed E-state index contributed by atoms with van der Waals surface area (Å²) in [5.41, 5.74) is 0.993. The smallest absolute Gasteiger partial charge is 0.218 e. The molecular formula is C13H12N4OS. The predicted octanol–water partition coefficient (Wildman–Crippen LogP) is 2.71. The SMILES string of the molecule is COc1ncccc1CNc1ncnc2sccc12. The number of ether oxygens (including phenoxy) is 1. The van der Waals surface area contributed by atoms with Crippen molar-refractivity contribution in [2.45, 2.75) is 6.54 Å². The Bertz CT molecular complexity index is 698. The number of hydrogen-bond acceptors (Lipinski definition) is 6. The molecule has 0 saturated heterocycles. The van der Waals surface area contributed by atoms with Gasteiger partial charge in [0, 0.05) is 18.3 Å². The monoisotopic (exact) mass is 272 g/mol. The van der Waals surface area contributed by atoms with E-state index in [1.807, 2.05) is 23.6 Å². The summed E-state index contributed by atoms with van der Waals surface area (Å²) in [6.45, 7) is 0.610. The van der Waals surface area contributed by atoms with Gasteiger partial charge in [0.25, 0.3) is 0 Å². The zero-order valence-corrected chi connectivity index (χ0v) is 11.1. The van der Waals surface area contributed by atoms with Crippen molar-refractivity contribution in [1.82, 2.24) is 15.0 Å². The summed E-state index contributed by atoms with van der Waals surface area (Å²) in [6, 6.07) is 5.88. The van der Waals surface area contributed by atoms with Crippen LogP contribution in [-0.4, -0.2) is 22.1 Å². The molecule has 19 heavy (non-hydrogen) atoms. The Morgan fingerprint density at radius 2 is 2.21 bits per heavy atom. The van der Waals surface area contributed by atoms with Crippen LogP contribution in [0.2, 0.25) is 0 Å². The van der Waals surface area contributed by atoms with E-state index in [1.54, 1.807) is 31.0 Å². The quantitative estimate of drug-likeness (QED) is 0.791. The van der Waals surface area contributed by atoms with Gasteiger partial charge in [0.1, 0.15) is 17.0 Å². The molecule has 0 aliphatic rings. The van der Waals surface area contributed by atoms with Crippen LogP contribution < -0.4 is 10.1 Å². The van der Waals surface area contributed by atoms with Crippen molar-refractivity contribution >= 4 is 27.4 Å². The molecule has 0 aliphatic heterocycles. The molecule has 0 amide bonds. The topological polar surface area (TPSA) is 59.9 Å². The van der Waals surface area contributed by atoms with E-state index in [1.165, 1.54) is 0 Å². The Morgan fingerprint density at radius 1 is 1.26 bits per heavy atom. The van der Waals surface area contributed by atoms with Gasteiger partial charge in [0.2, 0.25) is 5.88 Å². The van der Waals surface area contributed by atoms with E-state index in [4.69, 9.17) is 4.74 Å². The van der Waals surface area contributed by atoms with E-state index in [-0.39, 0.29) is 0 Å². The standard InChI is InChI=1S/C13H12N4OS/c1-18-12-9(3-2-5-14-12)7-15-11-10-4-6-19-13(10)17-8-16-11/h2-6,8H,7H2,1H3,(H,15,16,17). The molecule has 0 aliphatic carbocycles. The average molecular weight is 272 g/mol. The van der Waals surface area contributed by atoms with Gasteiger partial charge in [-0.3, -0.25) is 0 Å². The Labute approximate surface area is 114 Å². The highest BCUT2D eigenvalue weighted by Gasteiger charge is 2.06. The van der Waals surface area contributed by atoms with Crippen molar-refractivity contribution in [2.24, 2.45) is 0 Å². The molecule has 3 rings (SSSR count). The lowest BCUT2D eigenvalue weighted by molar-refractivity contribution is 0.393. The lowest BCUT2D eigenvalue weighted by atomic mass is 10.2. The van der Waals surface area contributed by atoms with Crippen molar-refractivity contribution in [3.63, 3.8) is 0 Å². The Kier molecular flexibility index (Phi) is 3.24. The molecule has 96 valence electrons.